The predicted molar refractivity (Wildman–Crippen MR) is 80.3 cm³/mol. The SMILES string of the molecule is Cc1c(S(=O)(=O)N(C)Cc2ccc(Cl)s2)c(N)nn1C. The Bertz CT molecular complexity index is 736. The monoisotopic (exact) mass is 334 g/mol. The van der Waals surface area contributed by atoms with Crippen molar-refractivity contribution >= 4 is 38.8 Å². The van der Waals surface area contributed by atoms with Crippen molar-refractivity contribution in [3.05, 3.63) is 27.0 Å². The van der Waals surface area contributed by atoms with Crippen molar-refractivity contribution in [2.45, 2.75) is 18.4 Å². The molecule has 0 aliphatic carbocycles. The molecule has 0 aliphatic heterocycles. The molecule has 0 saturated heterocycles. The Kier molecular flexibility index (Phi) is 4.10. The highest BCUT2D eigenvalue weighted by atomic mass is 35.5. The number of aryl methyl sites for hydroxylation is 1. The Labute approximate surface area is 126 Å². The predicted octanol–water partition coefficient (Wildman–Crippen LogP) is 1.85. The first kappa shape index (κ1) is 15.3. The zero-order chi connectivity index (χ0) is 15.1. The molecule has 0 spiro atoms. The lowest BCUT2D eigenvalue weighted by Crippen LogP contribution is -2.27. The maximum Gasteiger partial charge on any atom is 0.248 e. The van der Waals surface area contributed by atoms with E-state index in [2.05, 4.69) is 5.10 Å². The molecule has 20 heavy (non-hydrogen) atoms. The first-order valence-corrected chi connectivity index (χ1v) is 8.36. The third kappa shape index (κ3) is 2.69. The second kappa shape index (κ2) is 5.36. The summed E-state index contributed by atoms with van der Waals surface area (Å²) in [7, 11) is -0.515. The zero-order valence-corrected chi connectivity index (χ0v) is 13.7. The molecule has 0 aliphatic rings. The second-order valence-electron chi connectivity index (χ2n) is 4.39. The molecule has 110 valence electrons. The number of halogens is 1. The molecule has 0 aromatic carbocycles. The minimum atomic E-state index is -3.68. The van der Waals surface area contributed by atoms with Crippen LogP contribution < -0.4 is 5.73 Å². The number of hydrogen-bond donors (Lipinski definition) is 1. The van der Waals surface area contributed by atoms with E-state index in [0.29, 0.717) is 10.0 Å². The Balaban J connectivity index is 2.34. The number of aromatic nitrogens is 2. The van der Waals surface area contributed by atoms with E-state index < -0.39 is 10.0 Å². The van der Waals surface area contributed by atoms with E-state index in [9.17, 15) is 8.42 Å². The lowest BCUT2D eigenvalue weighted by atomic mass is 10.5. The Morgan fingerprint density at radius 1 is 1.50 bits per heavy atom. The van der Waals surface area contributed by atoms with Gasteiger partial charge < -0.3 is 5.73 Å². The molecule has 0 fully saturated rings. The number of sulfonamides is 1. The molecular weight excluding hydrogens is 320 g/mol. The van der Waals surface area contributed by atoms with Gasteiger partial charge in [-0.3, -0.25) is 4.68 Å². The molecule has 2 N–H and O–H groups in total. The quantitative estimate of drug-likeness (QED) is 0.925. The normalized spacial score (nSPS) is 12.2. The lowest BCUT2D eigenvalue weighted by molar-refractivity contribution is 0.469. The Morgan fingerprint density at radius 3 is 2.60 bits per heavy atom. The largest absolute Gasteiger partial charge is 0.381 e. The Morgan fingerprint density at radius 2 is 2.15 bits per heavy atom. The van der Waals surface area contributed by atoms with Crippen molar-refractivity contribution in [3.8, 4) is 0 Å². The highest BCUT2D eigenvalue weighted by Gasteiger charge is 2.29. The number of anilines is 1. The number of thiophene rings is 1. The smallest absolute Gasteiger partial charge is 0.248 e. The molecule has 0 bridgehead atoms. The molecule has 2 aromatic rings. The number of nitrogens with zero attached hydrogens (tertiary/aromatic N) is 3. The standard InChI is InChI=1S/C11H15ClN4O2S2/c1-7-10(11(13)14-16(7)3)20(17,18)15(2)6-8-4-5-9(12)19-8/h4-5H,6H2,1-3H3,(H2,13,14). The van der Waals surface area contributed by atoms with Gasteiger partial charge in [0.2, 0.25) is 10.0 Å². The zero-order valence-electron chi connectivity index (χ0n) is 11.3. The second-order valence-corrected chi connectivity index (χ2v) is 8.17. The van der Waals surface area contributed by atoms with E-state index in [1.165, 1.54) is 27.4 Å². The Hall–Kier alpha value is -1.09. The van der Waals surface area contributed by atoms with Crippen LogP contribution in [0.2, 0.25) is 4.34 Å². The van der Waals surface area contributed by atoms with E-state index in [0.717, 1.165) is 4.88 Å². The van der Waals surface area contributed by atoms with Crippen molar-refractivity contribution in [2.75, 3.05) is 12.8 Å². The molecule has 6 nitrogen and oxygen atoms in total. The summed E-state index contributed by atoms with van der Waals surface area (Å²) in [6.45, 7) is 1.92. The number of nitrogen functional groups attached to an aromatic ring is 1. The molecular formula is C11H15ClN4O2S2. The summed E-state index contributed by atoms with van der Waals surface area (Å²) < 4.78 is 28.5. The van der Waals surface area contributed by atoms with Gasteiger partial charge in [-0.05, 0) is 19.1 Å². The van der Waals surface area contributed by atoms with Gasteiger partial charge in [-0.1, -0.05) is 11.6 Å². The molecule has 0 radical (unpaired) electrons. The van der Waals surface area contributed by atoms with E-state index >= 15 is 0 Å². The van der Waals surface area contributed by atoms with Crippen molar-refractivity contribution in [1.82, 2.24) is 14.1 Å². The first-order chi connectivity index (χ1) is 9.23. The maximum atomic E-state index is 12.6. The van der Waals surface area contributed by atoms with Gasteiger partial charge in [0.1, 0.15) is 4.90 Å². The summed E-state index contributed by atoms with van der Waals surface area (Å²) in [5.41, 5.74) is 6.22. The van der Waals surface area contributed by atoms with Gasteiger partial charge in [0.05, 0.1) is 10.0 Å². The maximum absolute atomic E-state index is 12.6. The summed E-state index contributed by atoms with van der Waals surface area (Å²) in [4.78, 5) is 0.923. The first-order valence-electron chi connectivity index (χ1n) is 5.73. The van der Waals surface area contributed by atoms with Crippen LogP contribution in [-0.2, 0) is 23.6 Å². The molecule has 0 atom stereocenters. The van der Waals surface area contributed by atoms with E-state index in [4.69, 9.17) is 17.3 Å². The number of nitrogens with two attached hydrogens (primary N) is 1. The van der Waals surface area contributed by atoms with Crippen molar-refractivity contribution in [2.24, 2.45) is 7.05 Å². The van der Waals surface area contributed by atoms with Crippen LogP contribution in [0, 0.1) is 6.92 Å². The van der Waals surface area contributed by atoms with Crippen molar-refractivity contribution in [3.63, 3.8) is 0 Å². The van der Waals surface area contributed by atoms with Gasteiger partial charge in [-0.2, -0.15) is 9.40 Å². The number of hydrogen-bond acceptors (Lipinski definition) is 5. The fraction of sp³-hybridized carbons (Fsp3) is 0.364. The summed E-state index contributed by atoms with van der Waals surface area (Å²) in [5, 5.41) is 3.94. The minimum Gasteiger partial charge on any atom is -0.381 e. The van der Waals surface area contributed by atoms with Gasteiger partial charge in [0.25, 0.3) is 0 Å². The summed E-state index contributed by atoms with van der Waals surface area (Å²) in [6, 6.07) is 3.55. The van der Waals surface area contributed by atoms with Gasteiger partial charge in [0.15, 0.2) is 5.82 Å². The highest BCUT2D eigenvalue weighted by Crippen LogP contribution is 2.27. The highest BCUT2D eigenvalue weighted by molar-refractivity contribution is 7.89. The van der Waals surface area contributed by atoms with Gasteiger partial charge >= 0.3 is 0 Å². The summed E-state index contributed by atoms with van der Waals surface area (Å²) in [6.07, 6.45) is 0. The van der Waals surface area contributed by atoms with Crippen LogP contribution in [0.5, 0.6) is 0 Å². The fourth-order valence-electron chi connectivity index (χ4n) is 1.83. The lowest BCUT2D eigenvalue weighted by Gasteiger charge is -2.16. The van der Waals surface area contributed by atoms with E-state index in [1.54, 1.807) is 26.1 Å². The van der Waals surface area contributed by atoms with Gasteiger partial charge in [-0.25, -0.2) is 8.42 Å². The third-order valence-corrected chi connectivity index (χ3v) is 6.17. The molecule has 2 heterocycles. The van der Waals surface area contributed by atoms with Crippen LogP contribution in [-0.4, -0.2) is 29.6 Å². The van der Waals surface area contributed by atoms with Gasteiger partial charge in [0, 0.05) is 25.5 Å². The van der Waals surface area contributed by atoms with Crippen LogP contribution in [0.25, 0.3) is 0 Å². The summed E-state index contributed by atoms with van der Waals surface area (Å²) >= 11 is 7.19. The summed E-state index contributed by atoms with van der Waals surface area (Å²) in [5.74, 6) is 0.0149. The fourth-order valence-corrected chi connectivity index (χ4v) is 4.48. The number of rotatable bonds is 4. The average Bonchev–Trinajstić information content (AvgIpc) is 2.84. The van der Waals surface area contributed by atoms with Crippen LogP contribution in [0.3, 0.4) is 0 Å². The van der Waals surface area contributed by atoms with Gasteiger partial charge in [-0.15, -0.1) is 11.3 Å². The van der Waals surface area contributed by atoms with E-state index in [1.807, 2.05) is 0 Å². The van der Waals surface area contributed by atoms with Crippen molar-refractivity contribution in [1.29, 1.82) is 0 Å². The van der Waals surface area contributed by atoms with Crippen LogP contribution >= 0.6 is 22.9 Å². The molecule has 0 saturated carbocycles. The molecule has 2 aromatic heterocycles. The molecule has 0 amide bonds. The van der Waals surface area contributed by atoms with Crippen molar-refractivity contribution < 1.29 is 8.42 Å². The molecule has 9 heteroatoms. The van der Waals surface area contributed by atoms with Crippen LogP contribution in [0.4, 0.5) is 5.82 Å². The molecule has 0 unspecified atom stereocenters. The third-order valence-electron chi connectivity index (χ3n) is 2.98. The van der Waals surface area contributed by atoms with E-state index in [-0.39, 0.29) is 17.3 Å². The van der Waals surface area contributed by atoms with Crippen LogP contribution in [0.15, 0.2) is 17.0 Å². The minimum absolute atomic E-state index is 0.0149. The topological polar surface area (TPSA) is 81.2 Å². The average molecular weight is 335 g/mol. The molecule has 2 rings (SSSR count). The van der Waals surface area contributed by atoms with Crippen LogP contribution in [0.1, 0.15) is 10.6 Å².